The molecule has 0 amide bonds. The average molecular weight is 363 g/mol. The van der Waals surface area contributed by atoms with E-state index in [-0.39, 0.29) is 0 Å². The van der Waals surface area contributed by atoms with Crippen LogP contribution in [0, 0.1) is 26.2 Å². The molecule has 1 N–H and O–H groups in total. The molecule has 1 fully saturated rings. The van der Waals surface area contributed by atoms with E-state index < -0.39 is 17.7 Å². The number of aryl methyl sites for hydroxylation is 2. The maximum Gasteiger partial charge on any atom is 0.337 e. The van der Waals surface area contributed by atoms with Gasteiger partial charge in [0, 0.05) is 35.7 Å². The lowest BCUT2D eigenvalue weighted by atomic mass is 9.82. The molecule has 1 aliphatic rings. The topological polar surface area (TPSA) is 62.7 Å². The SMILES string of the molecule is Cc1nc(C)c(C(OC(C)(C)C)C(=O)O)c(N2CCC(C)(C)CC2)c1C. The summed E-state index contributed by atoms with van der Waals surface area (Å²) in [6, 6.07) is 0. The molecular weight excluding hydrogens is 328 g/mol. The minimum absolute atomic E-state index is 0.329. The molecule has 0 bridgehead atoms. The van der Waals surface area contributed by atoms with Gasteiger partial charge in [0.2, 0.25) is 0 Å². The van der Waals surface area contributed by atoms with Gasteiger partial charge in [0.15, 0.2) is 6.10 Å². The summed E-state index contributed by atoms with van der Waals surface area (Å²) in [5, 5.41) is 9.91. The summed E-state index contributed by atoms with van der Waals surface area (Å²) < 4.78 is 5.97. The van der Waals surface area contributed by atoms with Crippen molar-refractivity contribution in [2.24, 2.45) is 5.41 Å². The van der Waals surface area contributed by atoms with Crippen LogP contribution in [0.15, 0.2) is 0 Å². The predicted octanol–water partition coefficient (Wildman–Crippen LogP) is 4.57. The highest BCUT2D eigenvalue weighted by Crippen LogP contribution is 2.40. The molecule has 1 aromatic heterocycles. The average Bonchev–Trinajstić information content (AvgIpc) is 2.48. The number of aromatic nitrogens is 1. The van der Waals surface area contributed by atoms with E-state index in [9.17, 15) is 9.90 Å². The van der Waals surface area contributed by atoms with Gasteiger partial charge < -0.3 is 14.7 Å². The Hall–Kier alpha value is -1.62. The molecule has 1 saturated heterocycles. The second-order valence-electron chi connectivity index (χ2n) is 9.27. The van der Waals surface area contributed by atoms with Crippen molar-refractivity contribution in [3.63, 3.8) is 0 Å². The zero-order valence-corrected chi connectivity index (χ0v) is 17.6. The van der Waals surface area contributed by atoms with Gasteiger partial charge in [-0.25, -0.2) is 4.79 Å². The van der Waals surface area contributed by atoms with Gasteiger partial charge in [-0.15, -0.1) is 0 Å². The molecule has 1 aliphatic heterocycles. The third kappa shape index (κ3) is 4.56. The lowest BCUT2D eigenvalue weighted by Crippen LogP contribution is -2.39. The first kappa shape index (κ1) is 20.7. The number of nitrogens with zero attached hydrogens (tertiary/aromatic N) is 2. The van der Waals surface area contributed by atoms with Crippen molar-refractivity contribution in [3.8, 4) is 0 Å². The molecule has 26 heavy (non-hydrogen) atoms. The third-order valence-electron chi connectivity index (χ3n) is 5.27. The zero-order valence-electron chi connectivity index (χ0n) is 17.6. The Morgan fingerprint density at radius 3 is 2.15 bits per heavy atom. The van der Waals surface area contributed by atoms with Gasteiger partial charge in [-0.3, -0.25) is 4.98 Å². The Morgan fingerprint density at radius 2 is 1.69 bits per heavy atom. The van der Waals surface area contributed by atoms with E-state index in [1.54, 1.807) is 0 Å². The number of pyridine rings is 1. The lowest BCUT2D eigenvalue weighted by Gasteiger charge is -2.41. The maximum atomic E-state index is 12.1. The van der Waals surface area contributed by atoms with E-state index in [0.29, 0.717) is 11.0 Å². The minimum Gasteiger partial charge on any atom is -0.479 e. The molecule has 0 saturated carbocycles. The Kier molecular flexibility index (Phi) is 5.71. The maximum absolute atomic E-state index is 12.1. The predicted molar refractivity (Wildman–Crippen MR) is 105 cm³/mol. The second kappa shape index (κ2) is 7.18. The van der Waals surface area contributed by atoms with E-state index in [2.05, 4.69) is 23.7 Å². The number of carboxylic acid groups (broad SMARTS) is 1. The number of hydrogen-bond acceptors (Lipinski definition) is 4. The normalized spacial score (nSPS) is 18.7. The van der Waals surface area contributed by atoms with Crippen LogP contribution in [0.1, 0.15) is 76.1 Å². The van der Waals surface area contributed by atoms with Gasteiger partial charge in [-0.05, 0) is 65.4 Å². The zero-order chi connectivity index (χ0) is 19.9. The highest BCUT2D eigenvalue weighted by atomic mass is 16.5. The first-order chi connectivity index (χ1) is 11.8. The quantitative estimate of drug-likeness (QED) is 0.850. The van der Waals surface area contributed by atoms with Crippen LogP contribution in [0.3, 0.4) is 0 Å². The molecule has 1 aromatic rings. The summed E-state index contributed by atoms with van der Waals surface area (Å²) in [6.07, 6.45) is 1.15. The van der Waals surface area contributed by atoms with E-state index in [0.717, 1.165) is 48.6 Å². The summed E-state index contributed by atoms with van der Waals surface area (Å²) >= 11 is 0. The fourth-order valence-electron chi connectivity index (χ4n) is 3.58. The Bertz CT molecular complexity index is 679. The molecule has 2 rings (SSSR count). The summed E-state index contributed by atoms with van der Waals surface area (Å²) in [5.41, 5.74) is 4.22. The molecule has 1 atom stereocenters. The number of rotatable bonds is 4. The Morgan fingerprint density at radius 1 is 1.15 bits per heavy atom. The van der Waals surface area contributed by atoms with Crippen molar-refractivity contribution >= 4 is 11.7 Å². The lowest BCUT2D eigenvalue weighted by molar-refractivity contribution is -0.160. The van der Waals surface area contributed by atoms with Crippen LogP contribution in [0.4, 0.5) is 5.69 Å². The number of anilines is 1. The Balaban J connectivity index is 2.58. The molecule has 2 heterocycles. The first-order valence-electron chi connectivity index (χ1n) is 9.46. The third-order valence-corrected chi connectivity index (χ3v) is 5.27. The van der Waals surface area contributed by atoms with Crippen LogP contribution < -0.4 is 4.90 Å². The number of aliphatic carboxylic acids is 1. The van der Waals surface area contributed by atoms with Crippen LogP contribution in [0.2, 0.25) is 0 Å². The van der Waals surface area contributed by atoms with Crippen molar-refractivity contribution in [1.29, 1.82) is 0 Å². The number of ether oxygens (including phenoxy) is 1. The molecular formula is C21H34N2O3. The van der Waals surface area contributed by atoms with Crippen LogP contribution in [-0.2, 0) is 9.53 Å². The van der Waals surface area contributed by atoms with Crippen molar-refractivity contribution in [3.05, 3.63) is 22.5 Å². The number of piperidine rings is 1. The van der Waals surface area contributed by atoms with Crippen molar-refractivity contribution in [2.45, 2.75) is 79.9 Å². The molecule has 0 spiro atoms. The summed E-state index contributed by atoms with van der Waals surface area (Å²) in [4.78, 5) is 19.0. The fourth-order valence-corrected chi connectivity index (χ4v) is 3.58. The van der Waals surface area contributed by atoms with Crippen molar-refractivity contribution in [1.82, 2.24) is 4.98 Å². The molecule has 0 aromatic carbocycles. The standard InChI is InChI=1S/C21H34N2O3/c1-13-14(2)22-15(3)16(18(19(24)25)26-20(4,5)6)17(13)23-11-9-21(7,8)10-12-23/h18H,9-12H2,1-8H3,(H,24,25). The highest BCUT2D eigenvalue weighted by Gasteiger charge is 2.35. The molecule has 0 radical (unpaired) electrons. The van der Waals surface area contributed by atoms with Gasteiger partial charge in [0.1, 0.15) is 0 Å². The smallest absolute Gasteiger partial charge is 0.337 e. The fraction of sp³-hybridized carbons (Fsp3) is 0.714. The van der Waals surface area contributed by atoms with Gasteiger partial charge in [0.05, 0.1) is 5.60 Å². The first-order valence-corrected chi connectivity index (χ1v) is 9.46. The summed E-state index contributed by atoms with van der Waals surface area (Å²) in [5.74, 6) is -0.966. The number of hydrogen-bond donors (Lipinski definition) is 1. The van der Waals surface area contributed by atoms with Crippen molar-refractivity contribution in [2.75, 3.05) is 18.0 Å². The molecule has 1 unspecified atom stereocenters. The minimum atomic E-state index is -1.02. The van der Waals surface area contributed by atoms with Gasteiger partial charge in [-0.1, -0.05) is 13.8 Å². The molecule has 5 nitrogen and oxygen atoms in total. The van der Waals surface area contributed by atoms with E-state index >= 15 is 0 Å². The monoisotopic (exact) mass is 362 g/mol. The van der Waals surface area contributed by atoms with Crippen LogP contribution >= 0.6 is 0 Å². The van der Waals surface area contributed by atoms with E-state index in [1.807, 2.05) is 41.5 Å². The largest absolute Gasteiger partial charge is 0.479 e. The van der Waals surface area contributed by atoms with Crippen molar-refractivity contribution < 1.29 is 14.6 Å². The second-order valence-corrected chi connectivity index (χ2v) is 9.27. The van der Waals surface area contributed by atoms with Crippen LogP contribution in [-0.4, -0.2) is 34.8 Å². The van der Waals surface area contributed by atoms with E-state index in [1.165, 1.54) is 0 Å². The van der Waals surface area contributed by atoms with E-state index in [4.69, 9.17) is 4.74 Å². The van der Waals surface area contributed by atoms with Crippen LogP contribution in [0.5, 0.6) is 0 Å². The van der Waals surface area contributed by atoms with Gasteiger partial charge in [0.25, 0.3) is 0 Å². The summed E-state index contributed by atoms with van der Waals surface area (Å²) in [7, 11) is 0. The number of carboxylic acids is 1. The van der Waals surface area contributed by atoms with Gasteiger partial charge >= 0.3 is 5.97 Å². The highest BCUT2D eigenvalue weighted by molar-refractivity contribution is 5.79. The Labute approximate surface area is 157 Å². The van der Waals surface area contributed by atoms with Crippen LogP contribution in [0.25, 0.3) is 0 Å². The summed E-state index contributed by atoms with van der Waals surface area (Å²) in [6.45, 7) is 18.0. The molecule has 0 aliphatic carbocycles. The molecule has 5 heteroatoms. The number of carbonyl (C=O) groups is 1. The molecule has 146 valence electrons. The van der Waals surface area contributed by atoms with Gasteiger partial charge in [-0.2, -0.15) is 0 Å².